The Balaban J connectivity index is 1.94. The summed E-state index contributed by atoms with van der Waals surface area (Å²) in [6.45, 7) is 2.92. The average molecular weight is 295 g/mol. The largest absolute Gasteiger partial charge is 0.459 e. The fourth-order valence-corrected chi connectivity index (χ4v) is 3.25. The molecule has 3 N–H and O–H groups in total. The predicted molar refractivity (Wildman–Crippen MR) is 79.4 cm³/mol. The van der Waals surface area contributed by atoms with Gasteiger partial charge in [-0.1, -0.05) is 18.5 Å². The average Bonchev–Trinajstić information content (AvgIpc) is 3.05. The number of ether oxygens (including phenoxy) is 1. The molecule has 1 aromatic heterocycles. The molecule has 1 fully saturated rings. The summed E-state index contributed by atoms with van der Waals surface area (Å²) in [6.07, 6.45) is 2.20. The number of fused-ring (bicyclic) bond motifs is 1. The molecule has 20 heavy (non-hydrogen) atoms. The normalized spacial score (nSPS) is 24.4. The van der Waals surface area contributed by atoms with Gasteiger partial charge in [0.2, 0.25) is 0 Å². The summed E-state index contributed by atoms with van der Waals surface area (Å²) in [5.74, 6) is 6.94. The summed E-state index contributed by atoms with van der Waals surface area (Å²) in [5, 5.41) is 1.71. The second-order valence-corrected chi connectivity index (χ2v) is 5.68. The van der Waals surface area contributed by atoms with Crippen LogP contribution < -0.4 is 11.3 Å². The predicted octanol–water partition coefficient (Wildman–Crippen LogP) is 3.41. The third-order valence-electron chi connectivity index (χ3n) is 4.07. The molecule has 5 heteroatoms. The molecule has 2 heterocycles. The molecule has 1 aliphatic rings. The molecular formula is C15H19ClN2O2. The van der Waals surface area contributed by atoms with Crippen LogP contribution in [0.4, 0.5) is 0 Å². The van der Waals surface area contributed by atoms with E-state index in [1.54, 1.807) is 0 Å². The highest BCUT2D eigenvalue weighted by Crippen LogP contribution is 2.36. The van der Waals surface area contributed by atoms with E-state index in [2.05, 4.69) is 12.3 Å². The number of halogens is 1. The molecule has 0 spiro atoms. The minimum absolute atomic E-state index is 0.0337. The van der Waals surface area contributed by atoms with Crippen LogP contribution in [-0.2, 0) is 4.74 Å². The topological polar surface area (TPSA) is 60.4 Å². The van der Waals surface area contributed by atoms with Gasteiger partial charge < -0.3 is 9.15 Å². The first kappa shape index (κ1) is 13.9. The quantitative estimate of drug-likeness (QED) is 0.670. The number of nitrogens with one attached hydrogen (secondary N) is 1. The van der Waals surface area contributed by atoms with E-state index in [0.29, 0.717) is 10.9 Å². The van der Waals surface area contributed by atoms with Crippen LogP contribution in [0.2, 0.25) is 5.02 Å². The molecule has 0 aliphatic carbocycles. The molecule has 0 saturated carbocycles. The van der Waals surface area contributed by atoms with E-state index in [4.69, 9.17) is 26.6 Å². The highest BCUT2D eigenvalue weighted by atomic mass is 35.5. The number of hydrazine groups is 1. The van der Waals surface area contributed by atoms with Gasteiger partial charge in [-0.15, -0.1) is 0 Å². The van der Waals surface area contributed by atoms with E-state index < -0.39 is 0 Å². The summed E-state index contributed by atoms with van der Waals surface area (Å²) in [6, 6.07) is 7.59. The van der Waals surface area contributed by atoms with Gasteiger partial charge in [-0.3, -0.25) is 5.84 Å². The van der Waals surface area contributed by atoms with E-state index in [-0.39, 0.29) is 12.1 Å². The van der Waals surface area contributed by atoms with Gasteiger partial charge in [-0.05, 0) is 37.1 Å². The van der Waals surface area contributed by atoms with E-state index in [1.807, 2.05) is 24.3 Å². The second-order valence-electron chi connectivity index (χ2n) is 5.25. The Hall–Kier alpha value is -1.07. The summed E-state index contributed by atoms with van der Waals surface area (Å²) >= 11 is 6.01. The molecule has 0 bridgehead atoms. The number of furan rings is 1. The first-order valence-electron chi connectivity index (χ1n) is 6.99. The van der Waals surface area contributed by atoms with Crippen LogP contribution in [0.25, 0.3) is 11.0 Å². The number of nitrogens with two attached hydrogens (primary N) is 1. The van der Waals surface area contributed by atoms with Crippen molar-refractivity contribution in [2.75, 3.05) is 6.61 Å². The molecule has 3 rings (SSSR count). The lowest BCUT2D eigenvalue weighted by atomic mass is 9.90. The fourth-order valence-electron chi connectivity index (χ4n) is 3.07. The monoisotopic (exact) mass is 294 g/mol. The minimum Gasteiger partial charge on any atom is -0.459 e. The Morgan fingerprint density at radius 3 is 3.05 bits per heavy atom. The molecule has 3 unspecified atom stereocenters. The van der Waals surface area contributed by atoms with Crippen molar-refractivity contribution in [2.24, 2.45) is 11.8 Å². The summed E-state index contributed by atoms with van der Waals surface area (Å²) in [7, 11) is 0. The van der Waals surface area contributed by atoms with Crippen molar-refractivity contribution in [1.29, 1.82) is 0 Å². The third-order valence-corrected chi connectivity index (χ3v) is 4.31. The van der Waals surface area contributed by atoms with Gasteiger partial charge >= 0.3 is 0 Å². The van der Waals surface area contributed by atoms with Crippen LogP contribution >= 0.6 is 11.6 Å². The number of benzene rings is 1. The molecule has 0 amide bonds. The smallest absolute Gasteiger partial charge is 0.134 e. The maximum absolute atomic E-state index is 6.01. The highest BCUT2D eigenvalue weighted by molar-refractivity contribution is 6.31. The Kier molecular flexibility index (Phi) is 3.98. The lowest BCUT2D eigenvalue weighted by molar-refractivity contribution is 0.0749. The van der Waals surface area contributed by atoms with Crippen LogP contribution in [0.5, 0.6) is 0 Å². The van der Waals surface area contributed by atoms with Crippen molar-refractivity contribution in [3.63, 3.8) is 0 Å². The maximum atomic E-state index is 6.01. The van der Waals surface area contributed by atoms with Gasteiger partial charge in [0.15, 0.2) is 0 Å². The molecular weight excluding hydrogens is 276 g/mol. The lowest BCUT2D eigenvalue weighted by Gasteiger charge is -2.24. The van der Waals surface area contributed by atoms with Gasteiger partial charge in [0.25, 0.3) is 0 Å². The number of hydrogen-bond donors (Lipinski definition) is 2. The molecule has 1 aromatic carbocycles. The van der Waals surface area contributed by atoms with E-state index in [1.165, 1.54) is 0 Å². The zero-order chi connectivity index (χ0) is 14.1. The summed E-state index contributed by atoms with van der Waals surface area (Å²) in [5.41, 5.74) is 3.72. The van der Waals surface area contributed by atoms with Crippen molar-refractivity contribution in [3.05, 3.63) is 35.0 Å². The minimum atomic E-state index is -0.0337. The summed E-state index contributed by atoms with van der Waals surface area (Å²) in [4.78, 5) is 0. The Morgan fingerprint density at radius 2 is 2.30 bits per heavy atom. The third kappa shape index (κ3) is 2.44. The van der Waals surface area contributed by atoms with Crippen molar-refractivity contribution >= 4 is 22.6 Å². The van der Waals surface area contributed by atoms with Crippen molar-refractivity contribution < 1.29 is 9.15 Å². The van der Waals surface area contributed by atoms with Crippen LogP contribution in [0.15, 0.2) is 28.7 Å². The highest BCUT2D eigenvalue weighted by Gasteiger charge is 2.35. The standard InChI is InChI=1S/C15H19ClN2O2/c1-2-12-11(5-6-19-12)15(18-17)14-8-9-7-10(16)3-4-13(9)20-14/h3-4,7-8,11-12,15,18H,2,5-6,17H2,1H3. The molecule has 0 radical (unpaired) electrons. The van der Waals surface area contributed by atoms with Crippen LogP contribution in [0.1, 0.15) is 31.6 Å². The van der Waals surface area contributed by atoms with E-state index in [9.17, 15) is 0 Å². The Bertz CT molecular complexity index is 599. The van der Waals surface area contributed by atoms with Gasteiger partial charge in [0.05, 0.1) is 12.1 Å². The fraction of sp³-hybridized carbons (Fsp3) is 0.467. The van der Waals surface area contributed by atoms with E-state index >= 15 is 0 Å². The SMILES string of the molecule is CCC1OCCC1C(NN)c1cc2cc(Cl)ccc2o1. The van der Waals surface area contributed by atoms with Crippen molar-refractivity contribution in [1.82, 2.24) is 5.43 Å². The molecule has 3 atom stereocenters. The molecule has 1 saturated heterocycles. The van der Waals surface area contributed by atoms with Crippen LogP contribution in [-0.4, -0.2) is 12.7 Å². The molecule has 4 nitrogen and oxygen atoms in total. The molecule has 1 aliphatic heterocycles. The van der Waals surface area contributed by atoms with Gasteiger partial charge in [-0.2, -0.15) is 0 Å². The number of rotatable bonds is 4. The van der Waals surface area contributed by atoms with Gasteiger partial charge in [-0.25, -0.2) is 5.43 Å². The number of hydrogen-bond acceptors (Lipinski definition) is 4. The molecule has 2 aromatic rings. The Morgan fingerprint density at radius 1 is 1.45 bits per heavy atom. The van der Waals surface area contributed by atoms with Crippen molar-refractivity contribution in [2.45, 2.75) is 31.9 Å². The van der Waals surface area contributed by atoms with E-state index in [0.717, 1.165) is 36.2 Å². The van der Waals surface area contributed by atoms with Crippen molar-refractivity contribution in [3.8, 4) is 0 Å². The second kappa shape index (κ2) is 5.74. The van der Waals surface area contributed by atoms with Gasteiger partial charge in [0, 0.05) is 22.9 Å². The molecule has 108 valence electrons. The zero-order valence-corrected chi connectivity index (χ0v) is 12.2. The van der Waals surface area contributed by atoms with Gasteiger partial charge in [0.1, 0.15) is 11.3 Å². The maximum Gasteiger partial charge on any atom is 0.134 e. The summed E-state index contributed by atoms with van der Waals surface area (Å²) < 4.78 is 11.7. The van der Waals surface area contributed by atoms with Crippen LogP contribution in [0, 0.1) is 5.92 Å². The zero-order valence-electron chi connectivity index (χ0n) is 11.4. The lowest BCUT2D eigenvalue weighted by Crippen LogP contribution is -2.36. The first-order chi connectivity index (χ1) is 9.72. The van der Waals surface area contributed by atoms with Crippen LogP contribution in [0.3, 0.4) is 0 Å². The first-order valence-corrected chi connectivity index (χ1v) is 7.37. The Labute approximate surface area is 123 Å².